The molecule has 8 heteroatoms. The summed E-state index contributed by atoms with van der Waals surface area (Å²) in [5, 5.41) is 10.5. The van der Waals surface area contributed by atoms with Crippen molar-refractivity contribution >= 4 is 11.9 Å². The normalized spacial score (nSPS) is 12.7. The molecule has 4 rings (SSSR count). The highest BCUT2D eigenvalue weighted by molar-refractivity contribution is 6.03. The van der Waals surface area contributed by atoms with E-state index in [1.54, 1.807) is 24.3 Å². The molecule has 0 spiro atoms. The Morgan fingerprint density at radius 3 is 2.59 bits per heavy atom. The van der Waals surface area contributed by atoms with Crippen molar-refractivity contribution in [2.75, 3.05) is 18.5 Å². The summed E-state index contributed by atoms with van der Waals surface area (Å²) in [4.78, 5) is 12.4. The molecule has 150 valence electrons. The first-order valence-corrected chi connectivity index (χ1v) is 9.36. The van der Waals surface area contributed by atoms with Crippen molar-refractivity contribution in [1.29, 1.82) is 0 Å². The van der Waals surface area contributed by atoms with Crippen molar-refractivity contribution in [2.24, 2.45) is 0 Å². The van der Waals surface area contributed by atoms with Crippen LogP contribution in [0.5, 0.6) is 17.2 Å². The van der Waals surface area contributed by atoms with Crippen LogP contribution < -0.4 is 19.5 Å². The van der Waals surface area contributed by atoms with Crippen molar-refractivity contribution in [2.45, 2.75) is 26.4 Å². The number of hydrogen-bond acceptors (Lipinski definition) is 7. The van der Waals surface area contributed by atoms with Crippen LogP contribution in [0.1, 0.15) is 35.7 Å². The van der Waals surface area contributed by atoms with E-state index < -0.39 is 0 Å². The third-order valence-corrected chi connectivity index (χ3v) is 4.14. The van der Waals surface area contributed by atoms with Crippen LogP contribution in [0, 0.1) is 0 Å². The van der Waals surface area contributed by atoms with Crippen LogP contribution >= 0.6 is 0 Å². The van der Waals surface area contributed by atoms with Crippen LogP contribution in [-0.4, -0.2) is 35.4 Å². The van der Waals surface area contributed by atoms with E-state index in [0.717, 1.165) is 11.3 Å². The molecule has 8 nitrogen and oxygen atoms in total. The molecule has 1 N–H and O–H groups in total. The monoisotopic (exact) mass is 395 g/mol. The molecule has 1 amide bonds. The molecule has 29 heavy (non-hydrogen) atoms. The average molecular weight is 395 g/mol. The van der Waals surface area contributed by atoms with Crippen molar-refractivity contribution in [3.05, 3.63) is 59.5 Å². The summed E-state index contributed by atoms with van der Waals surface area (Å²) in [5.41, 5.74) is 1.41. The molecule has 0 atom stereocenters. The highest BCUT2D eigenvalue weighted by Gasteiger charge is 2.15. The fourth-order valence-electron chi connectivity index (χ4n) is 2.87. The molecule has 2 aromatic carbocycles. The number of fused-ring (bicyclic) bond motifs is 1. The molecule has 0 saturated heterocycles. The standard InChI is InChI=1S/C21H21N3O5/c1-13(2)28-16-6-4-15(5-7-16)20(25)22-21-24-23-19(29-21)12-14-3-8-17-18(11-14)27-10-9-26-17/h3-8,11,13H,9-10,12H2,1-2H3,(H,22,24,25). The molecular formula is C21H21N3O5. The van der Waals surface area contributed by atoms with E-state index in [4.69, 9.17) is 18.6 Å². The minimum Gasteiger partial charge on any atom is -0.491 e. The lowest BCUT2D eigenvalue weighted by Gasteiger charge is -2.18. The Balaban J connectivity index is 1.38. The highest BCUT2D eigenvalue weighted by Crippen LogP contribution is 2.31. The van der Waals surface area contributed by atoms with Crippen molar-refractivity contribution in [3.8, 4) is 17.2 Å². The number of nitrogens with one attached hydrogen (secondary N) is 1. The maximum atomic E-state index is 12.4. The van der Waals surface area contributed by atoms with Crippen LogP contribution in [0.15, 0.2) is 46.9 Å². The molecule has 1 aliphatic rings. The van der Waals surface area contributed by atoms with Crippen LogP contribution in [0.25, 0.3) is 0 Å². The number of hydrogen-bond donors (Lipinski definition) is 1. The van der Waals surface area contributed by atoms with Gasteiger partial charge in [0.15, 0.2) is 11.5 Å². The fraction of sp³-hybridized carbons (Fsp3) is 0.286. The van der Waals surface area contributed by atoms with E-state index in [9.17, 15) is 4.79 Å². The van der Waals surface area contributed by atoms with Crippen LogP contribution in [-0.2, 0) is 6.42 Å². The third kappa shape index (κ3) is 4.66. The lowest BCUT2D eigenvalue weighted by molar-refractivity contribution is 0.102. The maximum absolute atomic E-state index is 12.4. The van der Waals surface area contributed by atoms with Crippen molar-refractivity contribution in [3.63, 3.8) is 0 Å². The number of aromatic nitrogens is 2. The second-order valence-electron chi connectivity index (χ2n) is 6.80. The molecule has 0 aliphatic carbocycles. The molecule has 1 aromatic heterocycles. The minimum atomic E-state index is -0.337. The van der Waals surface area contributed by atoms with Gasteiger partial charge in [0.25, 0.3) is 5.91 Å². The Morgan fingerprint density at radius 2 is 1.83 bits per heavy atom. The number of amides is 1. The van der Waals surface area contributed by atoms with E-state index in [1.807, 2.05) is 32.0 Å². The van der Waals surface area contributed by atoms with Crippen LogP contribution in [0.2, 0.25) is 0 Å². The summed E-state index contributed by atoms with van der Waals surface area (Å²) in [7, 11) is 0. The number of anilines is 1. The first-order valence-electron chi connectivity index (χ1n) is 9.36. The zero-order valence-corrected chi connectivity index (χ0v) is 16.2. The fourth-order valence-corrected chi connectivity index (χ4v) is 2.87. The number of rotatable bonds is 6. The van der Waals surface area contributed by atoms with E-state index >= 15 is 0 Å². The summed E-state index contributed by atoms with van der Waals surface area (Å²) >= 11 is 0. The van der Waals surface area contributed by atoms with Gasteiger partial charge < -0.3 is 18.6 Å². The quantitative estimate of drug-likeness (QED) is 0.683. The second-order valence-corrected chi connectivity index (χ2v) is 6.80. The molecule has 0 saturated carbocycles. The number of benzene rings is 2. The molecule has 0 unspecified atom stereocenters. The molecule has 0 radical (unpaired) electrons. The summed E-state index contributed by atoms with van der Waals surface area (Å²) in [6.45, 7) is 4.96. The molecule has 0 fully saturated rings. The van der Waals surface area contributed by atoms with Gasteiger partial charge in [-0.2, -0.15) is 0 Å². The van der Waals surface area contributed by atoms with Crippen LogP contribution in [0.4, 0.5) is 6.01 Å². The number of carbonyl (C=O) groups excluding carboxylic acids is 1. The Morgan fingerprint density at radius 1 is 1.07 bits per heavy atom. The van der Waals surface area contributed by atoms with Crippen molar-refractivity contribution in [1.82, 2.24) is 10.2 Å². The van der Waals surface area contributed by atoms with Gasteiger partial charge in [-0.25, -0.2) is 0 Å². The Bertz CT molecular complexity index is 998. The summed E-state index contributed by atoms with van der Waals surface area (Å²) < 4.78 is 22.2. The Hall–Kier alpha value is -3.55. The first kappa shape index (κ1) is 18.8. The Kier molecular flexibility index (Phi) is 5.33. The van der Waals surface area contributed by atoms with Gasteiger partial charge in [-0.15, -0.1) is 5.10 Å². The molecule has 2 heterocycles. The van der Waals surface area contributed by atoms with Gasteiger partial charge in [0, 0.05) is 5.56 Å². The van der Waals surface area contributed by atoms with Gasteiger partial charge in [-0.1, -0.05) is 11.2 Å². The van der Waals surface area contributed by atoms with Gasteiger partial charge in [-0.3, -0.25) is 10.1 Å². The molecular weight excluding hydrogens is 374 g/mol. The van der Waals surface area contributed by atoms with Crippen molar-refractivity contribution < 1.29 is 23.4 Å². The smallest absolute Gasteiger partial charge is 0.322 e. The average Bonchev–Trinajstić information content (AvgIpc) is 3.14. The second kappa shape index (κ2) is 8.22. The zero-order chi connectivity index (χ0) is 20.2. The predicted octanol–water partition coefficient (Wildman–Crippen LogP) is 3.47. The van der Waals surface area contributed by atoms with E-state index in [2.05, 4.69) is 15.5 Å². The van der Waals surface area contributed by atoms with Gasteiger partial charge in [0.2, 0.25) is 5.89 Å². The summed E-state index contributed by atoms with van der Waals surface area (Å²) in [5.74, 6) is 2.18. The molecule has 0 bridgehead atoms. The third-order valence-electron chi connectivity index (χ3n) is 4.14. The number of nitrogens with zero attached hydrogens (tertiary/aromatic N) is 2. The largest absolute Gasteiger partial charge is 0.491 e. The number of carbonyl (C=O) groups is 1. The van der Waals surface area contributed by atoms with E-state index in [0.29, 0.717) is 42.6 Å². The lowest BCUT2D eigenvalue weighted by atomic mass is 10.1. The topological polar surface area (TPSA) is 95.7 Å². The van der Waals surface area contributed by atoms with Gasteiger partial charge in [0.05, 0.1) is 12.5 Å². The highest BCUT2D eigenvalue weighted by atomic mass is 16.6. The Labute approximate surface area is 167 Å². The van der Waals surface area contributed by atoms with E-state index in [1.165, 1.54) is 0 Å². The van der Waals surface area contributed by atoms with Gasteiger partial charge in [-0.05, 0) is 55.8 Å². The zero-order valence-electron chi connectivity index (χ0n) is 16.2. The summed E-state index contributed by atoms with van der Waals surface area (Å²) in [6.07, 6.45) is 0.487. The maximum Gasteiger partial charge on any atom is 0.322 e. The number of ether oxygens (including phenoxy) is 3. The minimum absolute atomic E-state index is 0.0463. The lowest BCUT2D eigenvalue weighted by Crippen LogP contribution is -2.15. The predicted molar refractivity (Wildman–Crippen MR) is 105 cm³/mol. The van der Waals surface area contributed by atoms with Gasteiger partial charge >= 0.3 is 6.01 Å². The van der Waals surface area contributed by atoms with E-state index in [-0.39, 0.29) is 18.0 Å². The summed E-state index contributed by atoms with van der Waals surface area (Å²) in [6, 6.07) is 12.6. The molecule has 1 aliphatic heterocycles. The first-order chi connectivity index (χ1) is 14.1. The SMILES string of the molecule is CC(C)Oc1ccc(C(=O)Nc2nnc(Cc3ccc4c(c3)OCCO4)o2)cc1. The molecule has 3 aromatic rings. The van der Waals surface area contributed by atoms with Gasteiger partial charge in [0.1, 0.15) is 19.0 Å². The van der Waals surface area contributed by atoms with Crippen LogP contribution in [0.3, 0.4) is 0 Å².